The van der Waals surface area contributed by atoms with Crippen LogP contribution >= 0.6 is 0 Å². The van der Waals surface area contributed by atoms with Crippen molar-refractivity contribution in [2.24, 2.45) is 5.73 Å². The van der Waals surface area contributed by atoms with Gasteiger partial charge in [-0.3, -0.25) is 0 Å². The molecule has 0 spiro atoms. The van der Waals surface area contributed by atoms with Crippen molar-refractivity contribution in [2.75, 3.05) is 0 Å². The molecule has 3 rings (SSSR count). The fourth-order valence-corrected chi connectivity index (χ4v) is 3.55. The second kappa shape index (κ2) is 6.07. The lowest BCUT2D eigenvalue weighted by Gasteiger charge is -2.32. The molecule has 2 heteroatoms. The number of hydrogen-bond acceptors (Lipinski definition) is 2. The summed E-state index contributed by atoms with van der Waals surface area (Å²) in [7, 11) is 0. The first-order valence-electron chi connectivity index (χ1n) is 8.13. The number of allylic oxidation sites excluding steroid dienone is 6. The SMILES string of the molecule is CC1=CC=C(C(C)NC2CC=CC3=C2C(N)=CCC3)CC1. The predicted octanol–water partition coefficient (Wildman–Crippen LogP) is 3.89. The van der Waals surface area contributed by atoms with Gasteiger partial charge in [0, 0.05) is 17.8 Å². The normalized spacial score (nSPS) is 26.8. The van der Waals surface area contributed by atoms with Gasteiger partial charge in [-0.2, -0.15) is 0 Å². The van der Waals surface area contributed by atoms with Crippen molar-refractivity contribution in [1.29, 1.82) is 0 Å². The van der Waals surface area contributed by atoms with Gasteiger partial charge in [0.1, 0.15) is 0 Å². The molecule has 0 fully saturated rings. The number of rotatable bonds is 3. The van der Waals surface area contributed by atoms with Crippen molar-refractivity contribution in [3.05, 3.63) is 58.4 Å². The van der Waals surface area contributed by atoms with Gasteiger partial charge < -0.3 is 11.1 Å². The van der Waals surface area contributed by atoms with E-state index >= 15 is 0 Å². The molecule has 0 amide bonds. The van der Waals surface area contributed by atoms with Crippen molar-refractivity contribution in [1.82, 2.24) is 5.32 Å². The molecule has 21 heavy (non-hydrogen) atoms. The van der Waals surface area contributed by atoms with E-state index in [1.165, 1.54) is 35.1 Å². The molecule has 2 unspecified atom stereocenters. The Morgan fingerprint density at radius 1 is 1.24 bits per heavy atom. The maximum Gasteiger partial charge on any atom is 0.0383 e. The third-order valence-electron chi connectivity index (χ3n) is 4.87. The van der Waals surface area contributed by atoms with Gasteiger partial charge >= 0.3 is 0 Å². The zero-order valence-corrected chi connectivity index (χ0v) is 13.2. The minimum absolute atomic E-state index is 0.365. The van der Waals surface area contributed by atoms with Crippen molar-refractivity contribution in [2.45, 2.75) is 58.0 Å². The first-order valence-corrected chi connectivity index (χ1v) is 8.13. The summed E-state index contributed by atoms with van der Waals surface area (Å²) in [6, 6.07) is 0.777. The quantitative estimate of drug-likeness (QED) is 0.824. The molecule has 0 aromatic rings. The maximum absolute atomic E-state index is 6.26. The highest BCUT2D eigenvalue weighted by atomic mass is 15.0. The van der Waals surface area contributed by atoms with Crippen molar-refractivity contribution < 1.29 is 0 Å². The summed E-state index contributed by atoms with van der Waals surface area (Å²) >= 11 is 0. The molecule has 0 saturated heterocycles. The summed E-state index contributed by atoms with van der Waals surface area (Å²) in [6.07, 6.45) is 16.9. The topological polar surface area (TPSA) is 38.0 Å². The van der Waals surface area contributed by atoms with Crippen molar-refractivity contribution in [3.63, 3.8) is 0 Å². The van der Waals surface area contributed by atoms with Crippen LogP contribution in [0.1, 0.15) is 46.0 Å². The minimum atomic E-state index is 0.365. The summed E-state index contributed by atoms with van der Waals surface area (Å²) in [5, 5.41) is 3.81. The third kappa shape index (κ3) is 3.06. The van der Waals surface area contributed by atoms with Gasteiger partial charge in [-0.25, -0.2) is 0 Å². The lowest BCUT2D eigenvalue weighted by atomic mass is 9.84. The summed E-state index contributed by atoms with van der Waals surface area (Å²) in [5.74, 6) is 0. The highest BCUT2D eigenvalue weighted by molar-refractivity contribution is 5.47. The van der Waals surface area contributed by atoms with Crippen LogP contribution in [0.2, 0.25) is 0 Å². The standard InChI is InChI=1S/C19H26N2/c1-13-9-11-15(12-10-13)14(2)21-18-8-4-6-16-5-3-7-17(20)19(16)18/h4,6-7,9,11,14,18,21H,3,5,8,10,12,20H2,1-2H3. The van der Waals surface area contributed by atoms with Crippen LogP contribution in [0.25, 0.3) is 0 Å². The van der Waals surface area contributed by atoms with E-state index in [1.54, 1.807) is 0 Å². The van der Waals surface area contributed by atoms with Crippen LogP contribution in [0, 0.1) is 0 Å². The van der Waals surface area contributed by atoms with Crippen LogP contribution < -0.4 is 11.1 Å². The molecule has 0 aliphatic heterocycles. The lowest BCUT2D eigenvalue weighted by molar-refractivity contribution is 0.506. The Balaban J connectivity index is 1.74. The van der Waals surface area contributed by atoms with E-state index in [9.17, 15) is 0 Å². The van der Waals surface area contributed by atoms with Gasteiger partial charge in [-0.05, 0) is 57.1 Å². The largest absolute Gasteiger partial charge is 0.399 e. The Hall–Kier alpha value is -1.54. The zero-order valence-electron chi connectivity index (χ0n) is 13.2. The summed E-state index contributed by atoms with van der Waals surface area (Å²) in [5.41, 5.74) is 13.0. The molecule has 0 heterocycles. The monoisotopic (exact) mass is 282 g/mol. The van der Waals surface area contributed by atoms with E-state index in [4.69, 9.17) is 5.73 Å². The van der Waals surface area contributed by atoms with Crippen molar-refractivity contribution >= 4 is 0 Å². The average Bonchev–Trinajstić information content (AvgIpc) is 2.48. The fourth-order valence-electron chi connectivity index (χ4n) is 3.55. The molecule has 3 aliphatic rings. The Morgan fingerprint density at radius 2 is 2.10 bits per heavy atom. The average molecular weight is 282 g/mol. The van der Waals surface area contributed by atoms with E-state index in [0.29, 0.717) is 12.1 Å². The molecular formula is C19H26N2. The Labute approximate surface area is 128 Å². The first-order chi connectivity index (χ1) is 10.1. The van der Waals surface area contributed by atoms with Crippen molar-refractivity contribution in [3.8, 4) is 0 Å². The smallest absolute Gasteiger partial charge is 0.0383 e. The van der Waals surface area contributed by atoms with E-state index in [0.717, 1.165) is 25.0 Å². The highest BCUT2D eigenvalue weighted by Crippen LogP contribution is 2.31. The van der Waals surface area contributed by atoms with Crippen LogP contribution in [-0.4, -0.2) is 12.1 Å². The molecule has 2 nitrogen and oxygen atoms in total. The molecule has 112 valence electrons. The van der Waals surface area contributed by atoms with Crippen LogP contribution in [-0.2, 0) is 0 Å². The third-order valence-corrected chi connectivity index (χ3v) is 4.87. The molecule has 0 saturated carbocycles. The molecule has 3 N–H and O–H groups in total. The number of hydrogen-bond donors (Lipinski definition) is 2. The van der Waals surface area contributed by atoms with E-state index in [-0.39, 0.29) is 0 Å². The van der Waals surface area contributed by atoms with E-state index in [2.05, 4.69) is 49.5 Å². The highest BCUT2D eigenvalue weighted by Gasteiger charge is 2.25. The molecule has 2 atom stereocenters. The summed E-state index contributed by atoms with van der Waals surface area (Å²) in [6.45, 7) is 4.49. The molecule has 3 aliphatic carbocycles. The predicted molar refractivity (Wildman–Crippen MR) is 89.7 cm³/mol. The number of nitrogens with one attached hydrogen (secondary N) is 1. The first kappa shape index (κ1) is 14.4. The zero-order chi connectivity index (χ0) is 14.8. The summed E-state index contributed by atoms with van der Waals surface area (Å²) in [4.78, 5) is 0. The Morgan fingerprint density at radius 3 is 2.86 bits per heavy atom. The molecule has 0 aromatic carbocycles. The molecule has 0 radical (unpaired) electrons. The van der Waals surface area contributed by atoms with Gasteiger partial charge in [0.15, 0.2) is 0 Å². The van der Waals surface area contributed by atoms with Gasteiger partial charge in [0.05, 0.1) is 0 Å². The molecule has 0 aromatic heterocycles. The molecular weight excluding hydrogens is 256 g/mol. The van der Waals surface area contributed by atoms with Crippen LogP contribution in [0.3, 0.4) is 0 Å². The van der Waals surface area contributed by atoms with Gasteiger partial charge in [-0.15, -0.1) is 0 Å². The van der Waals surface area contributed by atoms with Crippen LogP contribution in [0.5, 0.6) is 0 Å². The number of nitrogens with two attached hydrogens (primary N) is 1. The second-order valence-corrected chi connectivity index (χ2v) is 6.47. The van der Waals surface area contributed by atoms with Gasteiger partial charge in [0.2, 0.25) is 0 Å². The minimum Gasteiger partial charge on any atom is -0.399 e. The Kier molecular flexibility index (Phi) is 4.16. The molecule has 0 bridgehead atoms. The van der Waals surface area contributed by atoms with E-state index < -0.39 is 0 Å². The Bertz CT molecular complexity index is 572. The van der Waals surface area contributed by atoms with Crippen LogP contribution in [0.4, 0.5) is 0 Å². The van der Waals surface area contributed by atoms with Gasteiger partial charge in [0.25, 0.3) is 0 Å². The lowest BCUT2D eigenvalue weighted by Crippen LogP contribution is -2.41. The fraction of sp³-hybridized carbons (Fsp3) is 0.474. The van der Waals surface area contributed by atoms with Crippen LogP contribution in [0.15, 0.2) is 58.4 Å². The maximum atomic E-state index is 6.26. The van der Waals surface area contributed by atoms with E-state index in [1.807, 2.05) is 0 Å². The van der Waals surface area contributed by atoms with Gasteiger partial charge in [-0.1, -0.05) is 41.5 Å². The second-order valence-electron chi connectivity index (χ2n) is 6.47. The summed E-state index contributed by atoms with van der Waals surface area (Å²) < 4.78 is 0.